The highest BCUT2D eigenvalue weighted by atomic mass is 32.1. The van der Waals surface area contributed by atoms with Crippen LogP contribution in [-0.2, 0) is 4.79 Å². The smallest absolute Gasteiger partial charge is 0.273 e. The van der Waals surface area contributed by atoms with Crippen molar-refractivity contribution in [2.75, 3.05) is 0 Å². The third-order valence-corrected chi connectivity index (χ3v) is 6.42. The van der Waals surface area contributed by atoms with Gasteiger partial charge in [-0.05, 0) is 67.7 Å². The third kappa shape index (κ3) is 2.27. The number of thiophene rings is 1. The molecule has 112 valence electrons. The first-order chi connectivity index (χ1) is 10.1. The minimum Gasteiger partial charge on any atom is -0.273 e. The number of rotatable bonds is 2. The van der Waals surface area contributed by atoms with E-state index in [-0.39, 0.29) is 17.2 Å². The molecule has 1 heterocycles. The van der Waals surface area contributed by atoms with Crippen LogP contribution in [-0.4, -0.2) is 11.8 Å². The summed E-state index contributed by atoms with van der Waals surface area (Å²) < 4.78 is 0. The Balaban J connectivity index is 1.42. The van der Waals surface area contributed by atoms with Crippen LogP contribution in [0.1, 0.15) is 48.2 Å². The molecule has 0 spiro atoms. The number of carbonyl (C=O) groups excluding carboxylic acids is 2. The number of hydrazine groups is 1. The fraction of sp³-hybridized carbons (Fsp3) is 0.625. The van der Waals surface area contributed by atoms with E-state index < -0.39 is 0 Å². The van der Waals surface area contributed by atoms with Crippen LogP contribution >= 0.6 is 11.3 Å². The quantitative estimate of drug-likeness (QED) is 0.825. The van der Waals surface area contributed by atoms with E-state index in [1.54, 1.807) is 6.07 Å². The van der Waals surface area contributed by atoms with Gasteiger partial charge in [0.1, 0.15) is 0 Å². The predicted octanol–water partition coefficient (Wildman–Crippen LogP) is 2.73. The molecule has 2 amide bonds. The molecule has 21 heavy (non-hydrogen) atoms. The van der Waals surface area contributed by atoms with E-state index >= 15 is 0 Å². The fourth-order valence-electron chi connectivity index (χ4n) is 5.10. The monoisotopic (exact) mass is 304 g/mol. The van der Waals surface area contributed by atoms with Crippen LogP contribution in [0.3, 0.4) is 0 Å². The van der Waals surface area contributed by atoms with E-state index in [0.717, 1.165) is 37.0 Å². The van der Waals surface area contributed by atoms with Gasteiger partial charge in [0, 0.05) is 0 Å². The molecule has 5 rings (SSSR count). The zero-order valence-electron chi connectivity index (χ0n) is 11.9. The van der Waals surface area contributed by atoms with Crippen molar-refractivity contribution in [3.05, 3.63) is 22.4 Å². The maximum Gasteiger partial charge on any atom is 0.279 e. The van der Waals surface area contributed by atoms with E-state index in [2.05, 4.69) is 10.9 Å². The van der Waals surface area contributed by atoms with Crippen LogP contribution in [0.5, 0.6) is 0 Å². The molecule has 0 aromatic carbocycles. The highest BCUT2D eigenvalue weighted by Crippen LogP contribution is 2.59. The van der Waals surface area contributed by atoms with Crippen molar-refractivity contribution in [2.45, 2.75) is 38.5 Å². The largest absolute Gasteiger partial charge is 0.279 e. The number of hydrogen-bond acceptors (Lipinski definition) is 3. The van der Waals surface area contributed by atoms with Crippen LogP contribution in [0.2, 0.25) is 0 Å². The predicted molar refractivity (Wildman–Crippen MR) is 80.5 cm³/mol. The SMILES string of the molecule is O=C(NNC(=O)C12CC3CC(CC(C3)C1)C2)c1cccs1. The van der Waals surface area contributed by atoms with Crippen LogP contribution in [0.25, 0.3) is 0 Å². The average molecular weight is 304 g/mol. The molecule has 0 aliphatic heterocycles. The molecule has 4 nitrogen and oxygen atoms in total. The molecule has 4 aliphatic rings. The minimum atomic E-state index is -0.219. The Kier molecular flexibility index (Phi) is 3.06. The van der Waals surface area contributed by atoms with Crippen LogP contribution in [0, 0.1) is 23.2 Å². The molecule has 0 radical (unpaired) electrons. The second-order valence-electron chi connectivity index (χ2n) is 7.08. The number of nitrogens with one attached hydrogen (secondary N) is 2. The van der Waals surface area contributed by atoms with E-state index in [1.165, 1.54) is 30.6 Å². The standard InChI is InChI=1S/C16H20N2O2S/c19-14(13-2-1-3-21-13)17-18-15(20)16-7-10-4-11(8-16)6-12(5-10)9-16/h1-3,10-12H,4-9H2,(H,17,19)(H,18,20). The molecule has 1 aromatic rings. The summed E-state index contributed by atoms with van der Waals surface area (Å²) in [7, 11) is 0. The zero-order valence-corrected chi connectivity index (χ0v) is 12.7. The van der Waals surface area contributed by atoms with E-state index in [0.29, 0.717) is 4.88 Å². The maximum atomic E-state index is 12.6. The summed E-state index contributed by atoms with van der Waals surface area (Å²) in [6, 6.07) is 3.59. The van der Waals surface area contributed by atoms with Crippen LogP contribution in [0.4, 0.5) is 0 Å². The Morgan fingerprint density at radius 3 is 2.19 bits per heavy atom. The Bertz CT molecular complexity index is 532. The van der Waals surface area contributed by atoms with Gasteiger partial charge in [-0.2, -0.15) is 0 Å². The average Bonchev–Trinajstić information content (AvgIpc) is 2.97. The summed E-state index contributed by atoms with van der Waals surface area (Å²) in [5.74, 6) is 2.01. The molecule has 0 unspecified atom stereocenters. The van der Waals surface area contributed by atoms with Crippen molar-refractivity contribution in [2.24, 2.45) is 23.2 Å². The van der Waals surface area contributed by atoms with Crippen molar-refractivity contribution in [3.8, 4) is 0 Å². The van der Waals surface area contributed by atoms with Gasteiger partial charge in [0.25, 0.3) is 5.91 Å². The molecule has 4 saturated carbocycles. The molecule has 0 saturated heterocycles. The van der Waals surface area contributed by atoms with E-state index in [1.807, 2.05) is 11.4 Å². The van der Waals surface area contributed by atoms with E-state index in [4.69, 9.17) is 0 Å². The molecule has 4 fully saturated rings. The minimum absolute atomic E-state index is 0.0338. The van der Waals surface area contributed by atoms with Gasteiger partial charge in [0.05, 0.1) is 10.3 Å². The first-order valence-corrected chi connectivity index (χ1v) is 8.67. The molecule has 0 atom stereocenters. The van der Waals surface area contributed by atoms with Gasteiger partial charge in [-0.3, -0.25) is 20.4 Å². The van der Waals surface area contributed by atoms with Crippen LogP contribution in [0.15, 0.2) is 17.5 Å². The lowest BCUT2D eigenvalue weighted by Crippen LogP contribution is -2.56. The van der Waals surface area contributed by atoms with Gasteiger partial charge in [-0.25, -0.2) is 0 Å². The lowest BCUT2D eigenvalue weighted by Gasteiger charge is -2.55. The molecule has 4 bridgehead atoms. The van der Waals surface area contributed by atoms with Crippen molar-refractivity contribution in [3.63, 3.8) is 0 Å². The molecule has 1 aromatic heterocycles. The van der Waals surface area contributed by atoms with Gasteiger partial charge < -0.3 is 0 Å². The number of hydrogen-bond donors (Lipinski definition) is 2. The van der Waals surface area contributed by atoms with Crippen molar-refractivity contribution in [1.29, 1.82) is 0 Å². The Morgan fingerprint density at radius 1 is 1.05 bits per heavy atom. The highest BCUT2D eigenvalue weighted by Gasteiger charge is 2.54. The van der Waals surface area contributed by atoms with Crippen molar-refractivity contribution < 1.29 is 9.59 Å². The summed E-state index contributed by atoms with van der Waals surface area (Å²) >= 11 is 1.38. The van der Waals surface area contributed by atoms with Gasteiger partial charge in [0.15, 0.2) is 0 Å². The lowest BCUT2D eigenvalue weighted by molar-refractivity contribution is -0.147. The summed E-state index contributed by atoms with van der Waals surface area (Å²) in [5, 5.41) is 1.86. The Morgan fingerprint density at radius 2 is 1.67 bits per heavy atom. The van der Waals surface area contributed by atoms with Crippen molar-refractivity contribution in [1.82, 2.24) is 10.9 Å². The molecular weight excluding hydrogens is 284 g/mol. The zero-order chi connectivity index (χ0) is 14.4. The Labute approximate surface area is 128 Å². The van der Waals surface area contributed by atoms with Gasteiger partial charge in [-0.15, -0.1) is 11.3 Å². The first kappa shape index (κ1) is 13.3. The molecule has 5 heteroatoms. The second-order valence-corrected chi connectivity index (χ2v) is 8.03. The summed E-state index contributed by atoms with van der Waals surface area (Å²) in [4.78, 5) is 25.2. The van der Waals surface area contributed by atoms with Gasteiger partial charge >= 0.3 is 0 Å². The van der Waals surface area contributed by atoms with Gasteiger partial charge in [0.2, 0.25) is 5.91 Å². The third-order valence-electron chi connectivity index (χ3n) is 5.55. The molecule has 2 N–H and O–H groups in total. The number of carbonyl (C=O) groups is 2. The number of amides is 2. The molecule has 4 aliphatic carbocycles. The normalized spacial score (nSPS) is 36.5. The van der Waals surface area contributed by atoms with Crippen LogP contribution < -0.4 is 10.9 Å². The first-order valence-electron chi connectivity index (χ1n) is 7.79. The van der Waals surface area contributed by atoms with Gasteiger partial charge in [-0.1, -0.05) is 6.07 Å². The second kappa shape index (κ2) is 4.83. The molecular formula is C16H20N2O2S. The lowest BCUT2D eigenvalue weighted by atomic mass is 9.49. The summed E-state index contributed by atoms with van der Waals surface area (Å²) in [6.07, 6.45) is 6.98. The topological polar surface area (TPSA) is 58.2 Å². The van der Waals surface area contributed by atoms with Crippen molar-refractivity contribution >= 4 is 23.2 Å². The highest BCUT2D eigenvalue weighted by molar-refractivity contribution is 7.12. The summed E-state index contributed by atoms with van der Waals surface area (Å²) in [6.45, 7) is 0. The fourth-order valence-corrected chi connectivity index (χ4v) is 5.72. The maximum absolute atomic E-state index is 12.6. The Hall–Kier alpha value is -1.36. The van der Waals surface area contributed by atoms with E-state index in [9.17, 15) is 9.59 Å². The summed E-state index contributed by atoms with van der Waals surface area (Å²) in [5.41, 5.74) is 5.07.